The summed E-state index contributed by atoms with van der Waals surface area (Å²) in [5.41, 5.74) is -1.02. The van der Waals surface area contributed by atoms with Crippen molar-refractivity contribution in [1.82, 2.24) is 0 Å². The average Bonchev–Trinajstić information content (AvgIpc) is 3.11. The van der Waals surface area contributed by atoms with Crippen molar-refractivity contribution in [2.45, 2.75) is 115 Å². The van der Waals surface area contributed by atoms with Crippen LogP contribution in [0.4, 0.5) is 0 Å². The molecular weight excluding hydrogens is 368 g/mol. The fourth-order valence-electron chi connectivity index (χ4n) is 3.56. The van der Waals surface area contributed by atoms with Crippen LogP contribution in [-0.2, 0) is 19.1 Å². The van der Waals surface area contributed by atoms with Crippen molar-refractivity contribution in [3.63, 3.8) is 0 Å². The van der Waals surface area contributed by atoms with Gasteiger partial charge in [-0.3, -0.25) is 9.59 Å². The van der Waals surface area contributed by atoms with E-state index < -0.39 is 5.60 Å². The first-order chi connectivity index (χ1) is 14.1. The zero-order valence-electron chi connectivity index (χ0n) is 18.5. The third kappa shape index (κ3) is 12.7. The van der Waals surface area contributed by atoms with Gasteiger partial charge in [0.05, 0.1) is 6.61 Å². The number of ether oxygens (including phenoxy) is 2. The maximum Gasteiger partial charge on any atom is 0.306 e. The largest absolute Gasteiger partial charge is 0.461 e. The maximum atomic E-state index is 11.8. The van der Waals surface area contributed by atoms with Crippen LogP contribution in [0.2, 0.25) is 0 Å². The standard InChI is InChI=1S/C24H42O5/c1-2-3-4-5-6-7-8-9-10-11-12-13-14-15-16-17-22(26)28-21-24(20-25)19-18-23(27)29-24/h9-10,25H,2-8,11-21H2,1H3/b10-9-. The normalized spacial score (nSPS) is 19.0. The Morgan fingerprint density at radius 2 is 1.59 bits per heavy atom. The van der Waals surface area contributed by atoms with Gasteiger partial charge in [0, 0.05) is 19.3 Å². The second-order valence-electron chi connectivity index (χ2n) is 8.31. The molecule has 1 fully saturated rings. The highest BCUT2D eigenvalue weighted by Crippen LogP contribution is 2.26. The number of aliphatic hydroxyl groups excluding tert-OH is 1. The lowest BCUT2D eigenvalue weighted by Crippen LogP contribution is -2.39. The number of unbranched alkanes of at least 4 members (excludes halogenated alkanes) is 11. The van der Waals surface area contributed by atoms with Gasteiger partial charge in [-0.2, -0.15) is 0 Å². The first-order valence-corrected chi connectivity index (χ1v) is 11.8. The highest BCUT2D eigenvalue weighted by Gasteiger charge is 2.41. The van der Waals surface area contributed by atoms with E-state index in [4.69, 9.17) is 9.47 Å². The highest BCUT2D eigenvalue weighted by molar-refractivity contribution is 5.72. The van der Waals surface area contributed by atoms with Crippen LogP contribution in [0.5, 0.6) is 0 Å². The van der Waals surface area contributed by atoms with Gasteiger partial charge in [-0.1, -0.05) is 70.4 Å². The molecule has 0 aromatic carbocycles. The van der Waals surface area contributed by atoms with Crippen LogP contribution in [0.3, 0.4) is 0 Å². The molecule has 0 bridgehead atoms. The van der Waals surface area contributed by atoms with E-state index in [9.17, 15) is 14.7 Å². The lowest BCUT2D eigenvalue weighted by Gasteiger charge is -2.24. The number of hydrogen-bond acceptors (Lipinski definition) is 5. The number of hydrogen-bond donors (Lipinski definition) is 1. The first kappa shape index (κ1) is 25.7. The van der Waals surface area contributed by atoms with Crippen LogP contribution in [-0.4, -0.2) is 35.9 Å². The summed E-state index contributed by atoms with van der Waals surface area (Å²) in [5, 5.41) is 9.39. The monoisotopic (exact) mass is 410 g/mol. The molecule has 0 amide bonds. The molecule has 1 aliphatic rings. The van der Waals surface area contributed by atoms with Gasteiger partial charge >= 0.3 is 11.9 Å². The number of rotatable bonds is 18. The SMILES string of the molecule is CCCCCCCC/C=C\CCCCCCCC(=O)OCC1(CO)CCC(=O)O1. The summed E-state index contributed by atoms with van der Waals surface area (Å²) in [4.78, 5) is 23.0. The van der Waals surface area contributed by atoms with Gasteiger partial charge in [0.1, 0.15) is 6.61 Å². The van der Waals surface area contributed by atoms with Crippen LogP contribution in [0.1, 0.15) is 110 Å². The minimum atomic E-state index is -1.02. The zero-order valence-corrected chi connectivity index (χ0v) is 18.5. The van der Waals surface area contributed by atoms with Crippen LogP contribution < -0.4 is 0 Å². The number of cyclic esters (lactones) is 1. The molecule has 1 heterocycles. The topological polar surface area (TPSA) is 72.8 Å². The molecule has 0 spiro atoms. The van der Waals surface area contributed by atoms with E-state index in [2.05, 4.69) is 19.1 Å². The predicted octanol–water partition coefficient (Wildman–Crippen LogP) is 5.64. The van der Waals surface area contributed by atoms with Crippen molar-refractivity contribution < 1.29 is 24.2 Å². The van der Waals surface area contributed by atoms with Gasteiger partial charge in [0.2, 0.25) is 0 Å². The van der Waals surface area contributed by atoms with E-state index in [0.29, 0.717) is 12.8 Å². The van der Waals surface area contributed by atoms with Crippen molar-refractivity contribution >= 4 is 11.9 Å². The number of esters is 2. The molecule has 168 valence electrons. The maximum absolute atomic E-state index is 11.8. The van der Waals surface area contributed by atoms with Crippen molar-refractivity contribution in [2.24, 2.45) is 0 Å². The molecule has 0 aromatic heterocycles. The summed E-state index contributed by atoms with van der Waals surface area (Å²) in [6.45, 7) is 1.90. The molecule has 29 heavy (non-hydrogen) atoms. The third-order valence-corrected chi connectivity index (χ3v) is 5.54. The Labute approximate surface area is 177 Å². The molecule has 0 aromatic rings. The minimum Gasteiger partial charge on any atom is -0.461 e. The molecule has 1 aliphatic heterocycles. The fraction of sp³-hybridized carbons (Fsp3) is 0.833. The van der Waals surface area contributed by atoms with Gasteiger partial charge < -0.3 is 14.6 Å². The average molecular weight is 411 g/mol. The fourth-order valence-corrected chi connectivity index (χ4v) is 3.56. The molecule has 5 heteroatoms. The minimum absolute atomic E-state index is 0.0425. The summed E-state index contributed by atoms with van der Waals surface area (Å²) in [6, 6.07) is 0. The number of aliphatic hydroxyl groups is 1. The lowest BCUT2D eigenvalue weighted by atomic mass is 10.0. The lowest BCUT2D eigenvalue weighted by molar-refractivity contribution is -0.166. The van der Waals surface area contributed by atoms with Gasteiger partial charge in [-0.15, -0.1) is 0 Å². The Kier molecular flexibility index (Phi) is 14.6. The van der Waals surface area contributed by atoms with Crippen molar-refractivity contribution in [1.29, 1.82) is 0 Å². The molecule has 0 saturated carbocycles. The quantitative estimate of drug-likeness (QED) is 0.180. The molecule has 1 N–H and O–H groups in total. The van der Waals surface area contributed by atoms with E-state index >= 15 is 0 Å². The molecule has 5 nitrogen and oxygen atoms in total. The van der Waals surface area contributed by atoms with Gasteiger partial charge in [-0.05, 0) is 32.1 Å². The Morgan fingerprint density at radius 3 is 2.14 bits per heavy atom. The molecular formula is C24H42O5. The van der Waals surface area contributed by atoms with Gasteiger partial charge in [0.25, 0.3) is 0 Å². The molecule has 1 unspecified atom stereocenters. The summed E-state index contributed by atoms with van der Waals surface area (Å²) in [6.07, 6.45) is 21.6. The van der Waals surface area contributed by atoms with Gasteiger partial charge in [-0.25, -0.2) is 0 Å². The second-order valence-corrected chi connectivity index (χ2v) is 8.31. The molecule has 0 aliphatic carbocycles. The highest BCUT2D eigenvalue weighted by atomic mass is 16.6. The molecule has 1 rings (SSSR count). The van der Waals surface area contributed by atoms with Crippen LogP contribution in [0.15, 0.2) is 12.2 Å². The number of carbonyl (C=O) groups excluding carboxylic acids is 2. The summed E-state index contributed by atoms with van der Waals surface area (Å²) >= 11 is 0. The Bertz CT molecular complexity index is 474. The predicted molar refractivity (Wildman–Crippen MR) is 116 cm³/mol. The molecule has 0 radical (unpaired) electrons. The molecule has 1 saturated heterocycles. The Hall–Kier alpha value is -1.36. The first-order valence-electron chi connectivity index (χ1n) is 11.8. The van der Waals surface area contributed by atoms with Crippen molar-refractivity contribution in [3.05, 3.63) is 12.2 Å². The summed E-state index contributed by atoms with van der Waals surface area (Å²) in [5.74, 6) is -0.620. The Balaban J connectivity index is 1.88. The van der Waals surface area contributed by atoms with Crippen molar-refractivity contribution in [3.8, 4) is 0 Å². The van der Waals surface area contributed by atoms with E-state index in [1.807, 2.05) is 0 Å². The summed E-state index contributed by atoms with van der Waals surface area (Å²) < 4.78 is 10.3. The number of allylic oxidation sites excluding steroid dienone is 2. The van der Waals surface area contributed by atoms with E-state index in [1.54, 1.807) is 0 Å². The van der Waals surface area contributed by atoms with E-state index in [0.717, 1.165) is 25.7 Å². The third-order valence-electron chi connectivity index (χ3n) is 5.54. The Morgan fingerprint density at radius 1 is 1.00 bits per heavy atom. The van der Waals surface area contributed by atoms with Crippen LogP contribution in [0.25, 0.3) is 0 Å². The van der Waals surface area contributed by atoms with Gasteiger partial charge in [0.15, 0.2) is 5.60 Å². The zero-order chi connectivity index (χ0) is 21.2. The van der Waals surface area contributed by atoms with E-state index in [-0.39, 0.29) is 31.6 Å². The van der Waals surface area contributed by atoms with Crippen LogP contribution >= 0.6 is 0 Å². The molecule has 1 atom stereocenters. The number of carbonyl (C=O) groups is 2. The van der Waals surface area contributed by atoms with E-state index in [1.165, 1.54) is 57.8 Å². The second kappa shape index (κ2) is 16.4. The van der Waals surface area contributed by atoms with Crippen molar-refractivity contribution in [2.75, 3.05) is 13.2 Å². The smallest absolute Gasteiger partial charge is 0.306 e. The van der Waals surface area contributed by atoms with Crippen LogP contribution in [0, 0.1) is 0 Å². The summed E-state index contributed by atoms with van der Waals surface area (Å²) in [7, 11) is 0.